The molecule has 6 nitrogen and oxygen atoms in total. The molecule has 7 heteroatoms. The van der Waals surface area contributed by atoms with Gasteiger partial charge in [0.25, 0.3) is 5.91 Å². The summed E-state index contributed by atoms with van der Waals surface area (Å²) in [7, 11) is 1.48. The van der Waals surface area contributed by atoms with Crippen molar-refractivity contribution in [3.8, 4) is 11.5 Å². The minimum absolute atomic E-state index is 0.262. The first-order chi connectivity index (χ1) is 13.5. The third-order valence-corrected chi connectivity index (χ3v) is 4.30. The van der Waals surface area contributed by atoms with Gasteiger partial charge in [0.15, 0.2) is 18.1 Å². The molecule has 2 aromatic carbocycles. The molecule has 0 heterocycles. The summed E-state index contributed by atoms with van der Waals surface area (Å²) in [5.41, 5.74) is 1.10. The highest BCUT2D eigenvalue weighted by molar-refractivity contribution is 6.31. The number of benzene rings is 2. The van der Waals surface area contributed by atoms with Gasteiger partial charge < -0.3 is 19.5 Å². The van der Waals surface area contributed by atoms with Crippen molar-refractivity contribution in [2.45, 2.75) is 26.4 Å². The fourth-order valence-corrected chi connectivity index (χ4v) is 2.55. The van der Waals surface area contributed by atoms with Crippen LogP contribution in [0.3, 0.4) is 0 Å². The van der Waals surface area contributed by atoms with Crippen LogP contribution in [0.5, 0.6) is 11.5 Å². The van der Waals surface area contributed by atoms with Gasteiger partial charge in [0, 0.05) is 17.1 Å². The number of unbranched alkanes of at least 4 members (excludes halogenated alkanes) is 1. The molecule has 0 aliphatic rings. The molecule has 2 aromatic rings. The Kier molecular flexibility index (Phi) is 8.62. The summed E-state index contributed by atoms with van der Waals surface area (Å²) in [6, 6.07) is 12.1. The van der Waals surface area contributed by atoms with Crippen LogP contribution in [0.4, 0.5) is 0 Å². The molecule has 1 amide bonds. The Bertz CT molecular complexity index is 809. The maximum absolute atomic E-state index is 12.2. The van der Waals surface area contributed by atoms with Gasteiger partial charge in [-0.2, -0.15) is 0 Å². The van der Waals surface area contributed by atoms with Crippen LogP contribution < -0.4 is 14.8 Å². The Morgan fingerprint density at radius 2 is 1.89 bits per heavy atom. The topological polar surface area (TPSA) is 73.9 Å². The van der Waals surface area contributed by atoms with Crippen molar-refractivity contribution in [2.75, 3.05) is 20.3 Å². The third-order valence-electron chi connectivity index (χ3n) is 3.93. The maximum atomic E-state index is 12.2. The minimum atomic E-state index is -0.610. The summed E-state index contributed by atoms with van der Waals surface area (Å²) in [5.74, 6) is -0.0831. The lowest BCUT2D eigenvalue weighted by atomic mass is 10.2. The van der Waals surface area contributed by atoms with Crippen molar-refractivity contribution in [3.05, 3.63) is 58.6 Å². The molecule has 0 aliphatic carbocycles. The van der Waals surface area contributed by atoms with Crippen molar-refractivity contribution in [3.63, 3.8) is 0 Å². The molecule has 0 spiro atoms. The lowest BCUT2D eigenvalue weighted by Gasteiger charge is -2.13. The van der Waals surface area contributed by atoms with Crippen molar-refractivity contribution < 1.29 is 23.8 Å². The Hall–Kier alpha value is -2.73. The second-order valence-electron chi connectivity index (χ2n) is 6.03. The van der Waals surface area contributed by atoms with E-state index in [2.05, 4.69) is 5.32 Å². The fraction of sp³-hybridized carbons (Fsp3) is 0.333. The number of rotatable bonds is 10. The van der Waals surface area contributed by atoms with Crippen LogP contribution in [-0.2, 0) is 16.1 Å². The van der Waals surface area contributed by atoms with Crippen molar-refractivity contribution in [1.29, 1.82) is 0 Å². The largest absolute Gasteiger partial charge is 0.493 e. The maximum Gasteiger partial charge on any atom is 0.338 e. The normalized spacial score (nSPS) is 10.2. The second kappa shape index (κ2) is 11.2. The molecule has 1 N–H and O–H groups in total. The number of nitrogens with one attached hydrogen (secondary N) is 1. The van der Waals surface area contributed by atoms with Gasteiger partial charge in [-0.05, 0) is 30.7 Å². The van der Waals surface area contributed by atoms with E-state index in [0.29, 0.717) is 23.1 Å². The molecule has 0 saturated carbocycles. The van der Waals surface area contributed by atoms with Gasteiger partial charge in [0.2, 0.25) is 0 Å². The van der Waals surface area contributed by atoms with Gasteiger partial charge >= 0.3 is 5.97 Å². The van der Waals surface area contributed by atoms with Crippen LogP contribution in [0.25, 0.3) is 0 Å². The van der Waals surface area contributed by atoms with E-state index in [1.807, 2.05) is 25.1 Å². The van der Waals surface area contributed by atoms with Gasteiger partial charge in [0.05, 0.1) is 12.7 Å². The summed E-state index contributed by atoms with van der Waals surface area (Å²) in [6.45, 7) is 2.53. The van der Waals surface area contributed by atoms with Crippen LogP contribution in [-0.4, -0.2) is 32.1 Å². The zero-order valence-electron chi connectivity index (χ0n) is 16.0. The molecular formula is C21H24ClNO5. The first kappa shape index (κ1) is 21.6. The molecule has 150 valence electrons. The lowest BCUT2D eigenvalue weighted by molar-refractivity contribution is -0.124. The smallest absolute Gasteiger partial charge is 0.338 e. The van der Waals surface area contributed by atoms with Crippen LogP contribution in [0, 0.1) is 0 Å². The van der Waals surface area contributed by atoms with Crippen molar-refractivity contribution >= 4 is 23.5 Å². The average molecular weight is 406 g/mol. The molecule has 0 fully saturated rings. The van der Waals surface area contributed by atoms with Crippen LogP contribution in [0.1, 0.15) is 35.7 Å². The first-order valence-electron chi connectivity index (χ1n) is 9.03. The van der Waals surface area contributed by atoms with Crippen molar-refractivity contribution in [1.82, 2.24) is 5.32 Å². The monoisotopic (exact) mass is 405 g/mol. The van der Waals surface area contributed by atoms with E-state index in [4.69, 9.17) is 25.8 Å². The number of amides is 1. The third kappa shape index (κ3) is 6.46. The van der Waals surface area contributed by atoms with E-state index >= 15 is 0 Å². The van der Waals surface area contributed by atoms with E-state index in [0.717, 1.165) is 18.4 Å². The van der Waals surface area contributed by atoms with E-state index in [-0.39, 0.29) is 24.7 Å². The molecular weight excluding hydrogens is 382 g/mol. The van der Waals surface area contributed by atoms with E-state index in [1.54, 1.807) is 18.2 Å². The molecule has 2 rings (SSSR count). The van der Waals surface area contributed by atoms with Crippen molar-refractivity contribution in [2.24, 2.45) is 0 Å². The molecule has 0 radical (unpaired) electrons. The zero-order chi connectivity index (χ0) is 20.4. The molecule has 0 saturated heterocycles. The quantitative estimate of drug-likeness (QED) is 0.477. The minimum Gasteiger partial charge on any atom is -0.493 e. The Labute approximate surface area is 169 Å². The highest BCUT2D eigenvalue weighted by Crippen LogP contribution is 2.29. The van der Waals surface area contributed by atoms with Crippen LogP contribution in [0.15, 0.2) is 42.5 Å². The van der Waals surface area contributed by atoms with E-state index in [1.165, 1.54) is 13.2 Å². The van der Waals surface area contributed by atoms with Crippen LogP contribution >= 0.6 is 11.6 Å². The van der Waals surface area contributed by atoms with Gasteiger partial charge in [-0.25, -0.2) is 4.79 Å². The molecule has 0 unspecified atom stereocenters. The predicted molar refractivity (Wildman–Crippen MR) is 107 cm³/mol. The Balaban J connectivity index is 1.95. The summed E-state index contributed by atoms with van der Waals surface area (Å²) in [5, 5.41) is 3.30. The van der Waals surface area contributed by atoms with Crippen LogP contribution in [0.2, 0.25) is 5.02 Å². The zero-order valence-corrected chi connectivity index (χ0v) is 16.8. The average Bonchev–Trinajstić information content (AvgIpc) is 2.71. The Morgan fingerprint density at radius 3 is 2.61 bits per heavy atom. The molecule has 28 heavy (non-hydrogen) atoms. The predicted octanol–water partition coefficient (Wildman–Crippen LogP) is 4.00. The van der Waals surface area contributed by atoms with Gasteiger partial charge in [-0.1, -0.05) is 43.1 Å². The Morgan fingerprint density at radius 1 is 1.11 bits per heavy atom. The van der Waals surface area contributed by atoms with E-state index < -0.39 is 5.97 Å². The summed E-state index contributed by atoms with van der Waals surface area (Å²) < 4.78 is 16.1. The number of ether oxygens (including phenoxy) is 3. The molecule has 0 atom stereocenters. The number of methoxy groups -OCH3 is 1. The summed E-state index contributed by atoms with van der Waals surface area (Å²) in [6.07, 6.45) is 1.86. The number of carbonyl (C=O) groups is 2. The highest BCUT2D eigenvalue weighted by Gasteiger charge is 2.14. The summed E-state index contributed by atoms with van der Waals surface area (Å²) >= 11 is 6.13. The standard InChI is InChI=1S/C21H24ClNO5/c1-3-4-11-23-20(24)14-28-21(25)15-9-10-18(19(12-15)26-2)27-13-16-7-5-6-8-17(16)22/h5-10,12H,3-4,11,13-14H2,1-2H3,(H,23,24). The number of halogens is 1. The highest BCUT2D eigenvalue weighted by atomic mass is 35.5. The number of hydrogen-bond acceptors (Lipinski definition) is 5. The van der Waals surface area contributed by atoms with Gasteiger partial charge in [0.1, 0.15) is 6.61 Å². The second-order valence-corrected chi connectivity index (χ2v) is 6.43. The van der Waals surface area contributed by atoms with Gasteiger partial charge in [-0.15, -0.1) is 0 Å². The van der Waals surface area contributed by atoms with E-state index in [9.17, 15) is 9.59 Å². The SMILES string of the molecule is CCCCNC(=O)COC(=O)c1ccc(OCc2ccccc2Cl)c(OC)c1. The molecule has 0 bridgehead atoms. The number of hydrogen-bond donors (Lipinski definition) is 1. The molecule has 0 aromatic heterocycles. The number of carbonyl (C=O) groups excluding carboxylic acids is 2. The first-order valence-corrected chi connectivity index (χ1v) is 9.41. The number of esters is 1. The summed E-state index contributed by atoms with van der Waals surface area (Å²) in [4.78, 5) is 23.8. The fourth-order valence-electron chi connectivity index (χ4n) is 2.35. The lowest BCUT2D eigenvalue weighted by Crippen LogP contribution is -2.29. The van der Waals surface area contributed by atoms with Gasteiger partial charge in [-0.3, -0.25) is 4.79 Å². The molecule has 0 aliphatic heterocycles.